The highest BCUT2D eigenvalue weighted by Gasteiger charge is 2.20. The van der Waals surface area contributed by atoms with Gasteiger partial charge < -0.3 is 4.98 Å². The molecule has 0 saturated carbocycles. The van der Waals surface area contributed by atoms with Crippen LogP contribution in [0.1, 0.15) is 12.7 Å². The molecule has 9 heteroatoms. The van der Waals surface area contributed by atoms with Crippen LogP contribution < -0.4 is 4.72 Å². The first-order chi connectivity index (χ1) is 9.33. The molecule has 0 bridgehead atoms. The lowest BCUT2D eigenvalue weighted by atomic mass is 10.3. The molecule has 108 valence electrons. The molecule has 1 heterocycles. The zero-order chi connectivity index (χ0) is 14.9. The molecule has 0 aliphatic heterocycles. The summed E-state index contributed by atoms with van der Waals surface area (Å²) >= 11 is 2.81. The average Bonchev–Trinajstić information content (AvgIpc) is 2.85. The predicted octanol–water partition coefficient (Wildman–Crippen LogP) is 2.81. The van der Waals surface area contributed by atoms with Crippen molar-refractivity contribution in [3.8, 4) is 0 Å². The van der Waals surface area contributed by atoms with Crippen molar-refractivity contribution < 1.29 is 17.2 Å². The Bertz CT molecular complexity index is 746. The van der Waals surface area contributed by atoms with Crippen LogP contribution in [-0.4, -0.2) is 18.4 Å². The van der Waals surface area contributed by atoms with E-state index in [1.54, 1.807) is 6.92 Å². The number of hydrogen-bond donors (Lipinski definition) is 2. The number of anilines is 1. The molecule has 0 amide bonds. The van der Waals surface area contributed by atoms with Crippen molar-refractivity contribution >= 4 is 31.6 Å². The maximum absolute atomic E-state index is 13.6. The van der Waals surface area contributed by atoms with Gasteiger partial charge in [-0.1, -0.05) is 6.92 Å². The summed E-state index contributed by atoms with van der Waals surface area (Å²) in [6.45, 7) is 1.80. The third-order valence-electron chi connectivity index (χ3n) is 2.48. The monoisotopic (exact) mass is 365 g/mol. The number of nitrogens with one attached hydrogen (secondary N) is 2. The molecule has 0 atom stereocenters. The van der Waals surface area contributed by atoms with E-state index in [2.05, 4.69) is 25.9 Å². The second-order valence-electron chi connectivity index (χ2n) is 3.90. The normalized spacial score (nSPS) is 11.6. The van der Waals surface area contributed by atoms with E-state index in [4.69, 9.17) is 0 Å². The highest BCUT2D eigenvalue weighted by molar-refractivity contribution is 9.10. The number of H-pyrrole nitrogens is 1. The van der Waals surface area contributed by atoms with Crippen molar-refractivity contribution in [1.29, 1.82) is 0 Å². The smallest absolute Gasteiger partial charge is 0.279 e. The van der Waals surface area contributed by atoms with Gasteiger partial charge in [0.2, 0.25) is 0 Å². The van der Waals surface area contributed by atoms with Crippen molar-refractivity contribution in [2.45, 2.75) is 18.4 Å². The highest BCUT2D eigenvalue weighted by atomic mass is 79.9. The van der Waals surface area contributed by atoms with Crippen molar-refractivity contribution in [2.75, 3.05) is 4.72 Å². The van der Waals surface area contributed by atoms with Gasteiger partial charge in [0, 0.05) is 12.5 Å². The Morgan fingerprint density at radius 1 is 1.35 bits per heavy atom. The second kappa shape index (κ2) is 5.49. The number of hydrogen-bond acceptors (Lipinski definition) is 3. The number of sulfonamides is 1. The first-order valence-electron chi connectivity index (χ1n) is 5.54. The lowest BCUT2D eigenvalue weighted by Crippen LogP contribution is -2.14. The molecule has 2 aromatic rings. The van der Waals surface area contributed by atoms with Gasteiger partial charge in [0.25, 0.3) is 10.0 Å². The average molecular weight is 366 g/mol. The van der Waals surface area contributed by atoms with Crippen LogP contribution in [0, 0.1) is 11.6 Å². The number of aromatic nitrogens is 2. The van der Waals surface area contributed by atoms with Gasteiger partial charge >= 0.3 is 0 Å². The number of benzene rings is 1. The molecule has 0 fully saturated rings. The number of aryl methyl sites for hydroxylation is 1. The number of rotatable bonds is 4. The standard InChI is InChI=1S/C11H10BrF2N3O2S/c1-2-10-15-5-11(16-10)20(18,19)17-9-4-7(13)6(12)3-8(9)14/h3-5,17H,2H2,1H3,(H,15,16). The Morgan fingerprint density at radius 2 is 2.05 bits per heavy atom. The molecular formula is C11H10BrF2N3O2S. The minimum absolute atomic E-state index is 0.0900. The van der Waals surface area contributed by atoms with Gasteiger partial charge in [-0.25, -0.2) is 13.8 Å². The van der Waals surface area contributed by atoms with Crippen molar-refractivity contribution in [3.63, 3.8) is 0 Å². The SMILES string of the molecule is CCc1ncc(S(=O)(=O)Nc2cc(F)c(Br)cc2F)[nH]1. The van der Waals surface area contributed by atoms with E-state index in [9.17, 15) is 17.2 Å². The first kappa shape index (κ1) is 14.9. The quantitative estimate of drug-likeness (QED) is 0.818. The number of aromatic amines is 1. The molecule has 5 nitrogen and oxygen atoms in total. The van der Waals surface area contributed by atoms with E-state index in [0.717, 1.165) is 18.3 Å². The van der Waals surface area contributed by atoms with Crippen LogP contribution in [0.25, 0.3) is 0 Å². The lowest BCUT2D eigenvalue weighted by Gasteiger charge is -2.08. The van der Waals surface area contributed by atoms with Crippen LogP contribution >= 0.6 is 15.9 Å². The molecule has 0 spiro atoms. The summed E-state index contributed by atoms with van der Waals surface area (Å²) in [5.41, 5.74) is -0.474. The summed E-state index contributed by atoms with van der Waals surface area (Å²) in [6.07, 6.45) is 1.64. The van der Waals surface area contributed by atoms with Crippen LogP contribution in [0.2, 0.25) is 0 Å². The van der Waals surface area contributed by atoms with Crippen LogP contribution in [0.4, 0.5) is 14.5 Å². The van der Waals surface area contributed by atoms with Crippen molar-refractivity contribution in [2.24, 2.45) is 0 Å². The Balaban J connectivity index is 2.35. The maximum atomic E-state index is 13.6. The molecule has 2 rings (SSSR count). The van der Waals surface area contributed by atoms with Gasteiger partial charge in [0.15, 0.2) is 5.03 Å². The summed E-state index contributed by atoms with van der Waals surface area (Å²) in [5, 5.41) is -0.211. The fraction of sp³-hybridized carbons (Fsp3) is 0.182. The number of halogens is 3. The molecule has 0 aliphatic carbocycles. The van der Waals surface area contributed by atoms with Crippen molar-refractivity contribution in [3.05, 3.63) is 40.3 Å². The summed E-state index contributed by atoms with van der Waals surface area (Å²) in [7, 11) is -4.04. The molecular weight excluding hydrogens is 356 g/mol. The Morgan fingerprint density at radius 3 is 2.65 bits per heavy atom. The van der Waals surface area contributed by atoms with Gasteiger partial charge in [-0.05, 0) is 22.0 Å². The van der Waals surface area contributed by atoms with Crippen LogP contribution in [0.3, 0.4) is 0 Å². The molecule has 2 N–H and O–H groups in total. The Hall–Kier alpha value is -1.48. The first-order valence-corrected chi connectivity index (χ1v) is 7.82. The second-order valence-corrected chi connectivity index (χ2v) is 6.40. The van der Waals surface area contributed by atoms with Gasteiger partial charge in [-0.3, -0.25) is 4.72 Å². The van der Waals surface area contributed by atoms with Gasteiger partial charge in [0.05, 0.1) is 16.4 Å². The van der Waals surface area contributed by atoms with Crippen LogP contribution in [0.15, 0.2) is 27.8 Å². The fourth-order valence-electron chi connectivity index (χ4n) is 1.46. The zero-order valence-corrected chi connectivity index (χ0v) is 12.6. The van der Waals surface area contributed by atoms with Gasteiger partial charge in [-0.2, -0.15) is 8.42 Å². The Labute approximate surface area is 122 Å². The number of nitrogens with zero attached hydrogens (tertiary/aromatic N) is 1. The summed E-state index contributed by atoms with van der Waals surface area (Å²) in [6, 6.07) is 1.60. The van der Waals surface area contributed by atoms with Crippen LogP contribution in [0.5, 0.6) is 0 Å². The molecule has 0 saturated heterocycles. The molecule has 20 heavy (non-hydrogen) atoms. The van der Waals surface area contributed by atoms with E-state index in [1.807, 2.05) is 4.72 Å². The van der Waals surface area contributed by atoms with Gasteiger partial charge in [0.1, 0.15) is 17.5 Å². The zero-order valence-electron chi connectivity index (χ0n) is 10.2. The van der Waals surface area contributed by atoms with Crippen molar-refractivity contribution in [1.82, 2.24) is 9.97 Å². The number of imidazole rings is 1. The van der Waals surface area contributed by atoms with E-state index in [0.29, 0.717) is 12.2 Å². The van der Waals surface area contributed by atoms with E-state index >= 15 is 0 Å². The van der Waals surface area contributed by atoms with Crippen LogP contribution in [-0.2, 0) is 16.4 Å². The molecule has 0 unspecified atom stereocenters. The third-order valence-corrected chi connectivity index (χ3v) is 4.37. The summed E-state index contributed by atoms with van der Waals surface area (Å²) in [5.74, 6) is -1.19. The largest absolute Gasteiger partial charge is 0.332 e. The lowest BCUT2D eigenvalue weighted by molar-refractivity contribution is 0.590. The third kappa shape index (κ3) is 2.98. The minimum atomic E-state index is -4.04. The topological polar surface area (TPSA) is 74.8 Å². The molecule has 0 aliphatic rings. The molecule has 0 radical (unpaired) electrons. The van der Waals surface area contributed by atoms with E-state index in [1.165, 1.54) is 0 Å². The minimum Gasteiger partial charge on any atom is -0.332 e. The fourth-order valence-corrected chi connectivity index (χ4v) is 2.78. The Kier molecular flexibility index (Phi) is 4.09. The predicted molar refractivity (Wildman–Crippen MR) is 72.8 cm³/mol. The molecule has 1 aromatic carbocycles. The summed E-state index contributed by atoms with van der Waals surface area (Å²) < 4.78 is 52.8. The molecule has 1 aromatic heterocycles. The van der Waals surface area contributed by atoms with E-state index in [-0.39, 0.29) is 9.50 Å². The highest BCUT2D eigenvalue weighted by Crippen LogP contribution is 2.25. The maximum Gasteiger partial charge on any atom is 0.279 e. The summed E-state index contributed by atoms with van der Waals surface area (Å²) in [4.78, 5) is 6.43. The van der Waals surface area contributed by atoms with E-state index < -0.39 is 27.3 Å². The van der Waals surface area contributed by atoms with Gasteiger partial charge in [-0.15, -0.1) is 0 Å².